The molecule has 3 N–H and O–H groups in total. The summed E-state index contributed by atoms with van der Waals surface area (Å²) in [5, 5.41) is 12.0. The number of ether oxygens (including phenoxy) is 1. The fourth-order valence-electron chi connectivity index (χ4n) is 2.73. The average Bonchev–Trinajstić information content (AvgIpc) is 3.19. The molecule has 1 fully saturated rings. The Labute approximate surface area is 160 Å². The van der Waals surface area contributed by atoms with Crippen LogP contribution in [0, 0.1) is 0 Å². The van der Waals surface area contributed by atoms with Crippen LogP contribution in [-0.4, -0.2) is 32.6 Å². The molecule has 4 rings (SSSR count). The van der Waals surface area contributed by atoms with E-state index in [-0.39, 0.29) is 11.8 Å². The van der Waals surface area contributed by atoms with Crippen LogP contribution in [0.5, 0.6) is 5.75 Å². The third-order valence-electron chi connectivity index (χ3n) is 3.91. The third-order valence-corrected chi connectivity index (χ3v) is 3.91. The van der Waals surface area contributed by atoms with Crippen molar-refractivity contribution < 1.29 is 14.3 Å². The van der Waals surface area contributed by atoms with Crippen molar-refractivity contribution in [1.29, 1.82) is 0 Å². The number of anilines is 2. The standard InChI is InChI=1S/C19H18N6O3/c1-11(2)28-14-5-3-13(4-6-14)21-16-7-8-25-17(23-16)12(10-20-25)9-15-18(26)24-19(27)22-15/h3-11H,1-2H3,(H,21,23)(H2,22,24,26,27). The Hall–Kier alpha value is -3.88. The van der Waals surface area contributed by atoms with Gasteiger partial charge in [0, 0.05) is 17.4 Å². The van der Waals surface area contributed by atoms with Crippen molar-refractivity contribution in [2.75, 3.05) is 5.32 Å². The van der Waals surface area contributed by atoms with Crippen molar-refractivity contribution in [3.8, 4) is 5.75 Å². The van der Waals surface area contributed by atoms with E-state index in [2.05, 4.69) is 26.0 Å². The molecule has 28 heavy (non-hydrogen) atoms. The lowest BCUT2D eigenvalue weighted by Crippen LogP contribution is -2.22. The lowest BCUT2D eigenvalue weighted by molar-refractivity contribution is -0.115. The molecule has 2 aromatic heterocycles. The van der Waals surface area contributed by atoms with Crippen LogP contribution in [-0.2, 0) is 4.79 Å². The molecule has 0 unspecified atom stereocenters. The predicted molar refractivity (Wildman–Crippen MR) is 103 cm³/mol. The number of hydrogen-bond acceptors (Lipinski definition) is 6. The lowest BCUT2D eigenvalue weighted by atomic mass is 10.2. The van der Waals surface area contributed by atoms with E-state index in [9.17, 15) is 9.59 Å². The van der Waals surface area contributed by atoms with Crippen molar-refractivity contribution in [3.05, 3.63) is 54.0 Å². The van der Waals surface area contributed by atoms with E-state index in [1.54, 1.807) is 23.0 Å². The van der Waals surface area contributed by atoms with Gasteiger partial charge in [-0.3, -0.25) is 10.1 Å². The van der Waals surface area contributed by atoms with Gasteiger partial charge >= 0.3 is 6.03 Å². The minimum atomic E-state index is -0.548. The maximum atomic E-state index is 11.7. The van der Waals surface area contributed by atoms with Gasteiger partial charge in [0.15, 0.2) is 5.65 Å². The van der Waals surface area contributed by atoms with Gasteiger partial charge in [0.1, 0.15) is 17.3 Å². The summed E-state index contributed by atoms with van der Waals surface area (Å²) in [6.07, 6.45) is 4.99. The lowest BCUT2D eigenvalue weighted by Gasteiger charge is -2.11. The summed E-state index contributed by atoms with van der Waals surface area (Å²) in [7, 11) is 0. The Balaban J connectivity index is 1.58. The minimum absolute atomic E-state index is 0.115. The number of benzene rings is 1. The summed E-state index contributed by atoms with van der Waals surface area (Å²) in [5.41, 5.74) is 2.17. The number of nitrogens with one attached hydrogen (secondary N) is 3. The topological polar surface area (TPSA) is 110 Å². The number of urea groups is 1. The molecule has 0 radical (unpaired) electrons. The van der Waals surface area contributed by atoms with Crippen LogP contribution < -0.4 is 20.7 Å². The van der Waals surface area contributed by atoms with E-state index in [0.717, 1.165) is 11.4 Å². The van der Waals surface area contributed by atoms with Gasteiger partial charge in [-0.1, -0.05) is 0 Å². The number of aromatic nitrogens is 3. The molecule has 0 aliphatic carbocycles. The summed E-state index contributed by atoms with van der Waals surface area (Å²) >= 11 is 0. The number of nitrogens with zero attached hydrogens (tertiary/aromatic N) is 3. The van der Waals surface area contributed by atoms with Crippen LogP contribution >= 0.6 is 0 Å². The molecule has 1 aromatic carbocycles. The first kappa shape index (κ1) is 17.5. The van der Waals surface area contributed by atoms with Gasteiger partial charge in [-0.25, -0.2) is 14.3 Å². The Morgan fingerprint density at radius 1 is 1.14 bits per heavy atom. The van der Waals surface area contributed by atoms with E-state index in [4.69, 9.17) is 4.74 Å². The maximum Gasteiger partial charge on any atom is 0.326 e. The number of carbonyl (C=O) groups excluding carboxylic acids is 2. The first-order valence-corrected chi connectivity index (χ1v) is 8.70. The first-order valence-electron chi connectivity index (χ1n) is 8.70. The SMILES string of the molecule is CC(C)Oc1ccc(Nc2ccn3ncc(C=C4NC(=O)NC4=O)c3n2)cc1. The number of rotatable bonds is 5. The smallest absolute Gasteiger partial charge is 0.326 e. The van der Waals surface area contributed by atoms with Crippen LogP contribution in [0.3, 0.4) is 0 Å². The van der Waals surface area contributed by atoms with Gasteiger partial charge < -0.3 is 15.4 Å². The van der Waals surface area contributed by atoms with Crippen LogP contribution in [0.25, 0.3) is 11.7 Å². The monoisotopic (exact) mass is 378 g/mol. The molecule has 0 spiro atoms. The van der Waals surface area contributed by atoms with Crippen molar-refractivity contribution in [2.24, 2.45) is 0 Å². The summed E-state index contributed by atoms with van der Waals surface area (Å²) in [6.45, 7) is 3.95. The summed E-state index contributed by atoms with van der Waals surface area (Å²) < 4.78 is 7.23. The Morgan fingerprint density at radius 3 is 2.61 bits per heavy atom. The number of imide groups is 1. The van der Waals surface area contributed by atoms with Crippen molar-refractivity contribution in [2.45, 2.75) is 20.0 Å². The second-order valence-corrected chi connectivity index (χ2v) is 6.46. The maximum absolute atomic E-state index is 11.7. The van der Waals surface area contributed by atoms with Crippen molar-refractivity contribution in [3.63, 3.8) is 0 Å². The largest absolute Gasteiger partial charge is 0.491 e. The molecule has 3 aromatic rings. The number of amides is 3. The quantitative estimate of drug-likeness (QED) is 0.465. The molecule has 9 nitrogen and oxygen atoms in total. The van der Waals surface area contributed by atoms with Crippen molar-refractivity contribution >= 4 is 35.2 Å². The van der Waals surface area contributed by atoms with Gasteiger partial charge in [0.2, 0.25) is 0 Å². The number of hydrogen-bond donors (Lipinski definition) is 3. The average molecular weight is 378 g/mol. The highest BCUT2D eigenvalue weighted by Gasteiger charge is 2.23. The Morgan fingerprint density at radius 2 is 1.93 bits per heavy atom. The second kappa shape index (κ2) is 7.03. The molecule has 142 valence electrons. The molecule has 9 heteroatoms. The Kier molecular flexibility index (Phi) is 4.40. The molecular formula is C19H18N6O3. The van der Waals surface area contributed by atoms with Gasteiger partial charge in [-0.15, -0.1) is 0 Å². The minimum Gasteiger partial charge on any atom is -0.491 e. The van der Waals surface area contributed by atoms with E-state index in [1.165, 1.54) is 6.08 Å². The van der Waals surface area contributed by atoms with E-state index < -0.39 is 11.9 Å². The Bertz CT molecular complexity index is 1080. The zero-order valence-corrected chi connectivity index (χ0v) is 15.3. The molecule has 1 aliphatic rings. The molecule has 1 aliphatic heterocycles. The number of carbonyl (C=O) groups is 2. The molecule has 3 heterocycles. The van der Waals surface area contributed by atoms with Crippen LogP contribution in [0.15, 0.2) is 48.4 Å². The van der Waals surface area contributed by atoms with Gasteiger partial charge in [-0.05, 0) is 50.3 Å². The zero-order chi connectivity index (χ0) is 19.7. The zero-order valence-electron chi connectivity index (χ0n) is 15.3. The van der Waals surface area contributed by atoms with Gasteiger partial charge in [0.25, 0.3) is 5.91 Å². The summed E-state index contributed by atoms with van der Waals surface area (Å²) in [5.74, 6) is 0.929. The highest BCUT2D eigenvalue weighted by atomic mass is 16.5. The van der Waals surface area contributed by atoms with Crippen LogP contribution in [0.1, 0.15) is 19.4 Å². The highest BCUT2D eigenvalue weighted by molar-refractivity contribution is 6.14. The summed E-state index contributed by atoms with van der Waals surface area (Å²) in [4.78, 5) is 27.5. The van der Waals surface area contributed by atoms with E-state index in [1.807, 2.05) is 38.1 Å². The third kappa shape index (κ3) is 3.63. The summed E-state index contributed by atoms with van der Waals surface area (Å²) in [6, 6.07) is 8.82. The van der Waals surface area contributed by atoms with Gasteiger partial charge in [0.05, 0.1) is 12.3 Å². The second-order valence-electron chi connectivity index (χ2n) is 6.46. The van der Waals surface area contributed by atoms with Crippen molar-refractivity contribution in [1.82, 2.24) is 25.2 Å². The van der Waals surface area contributed by atoms with E-state index in [0.29, 0.717) is 17.0 Å². The number of fused-ring (bicyclic) bond motifs is 1. The fourth-order valence-corrected chi connectivity index (χ4v) is 2.73. The van der Waals surface area contributed by atoms with Gasteiger partial charge in [-0.2, -0.15) is 5.10 Å². The highest BCUT2D eigenvalue weighted by Crippen LogP contribution is 2.21. The molecule has 0 bridgehead atoms. The van der Waals surface area contributed by atoms with Crippen LogP contribution in [0.4, 0.5) is 16.3 Å². The molecule has 0 saturated carbocycles. The first-order chi connectivity index (χ1) is 13.5. The predicted octanol–water partition coefficient (Wildman–Crippen LogP) is 2.44. The molecular weight excluding hydrogens is 360 g/mol. The molecule has 1 saturated heterocycles. The normalized spacial score (nSPS) is 15.2. The van der Waals surface area contributed by atoms with Crippen LogP contribution in [0.2, 0.25) is 0 Å². The molecule has 3 amide bonds. The fraction of sp³-hybridized carbons (Fsp3) is 0.158. The molecule has 0 atom stereocenters. The van der Waals surface area contributed by atoms with E-state index >= 15 is 0 Å².